The van der Waals surface area contributed by atoms with Gasteiger partial charge in [0.05, 0.1) is 0 Å². The third-order valence-electron chi connectivity index (χ3n) is 2.58. The maximum absolute atomic E-state index is 5.72. The number of hydrogen-bond donors (Lipinski definition) is 1. The third-order valence-corrected chi connectivity index (χ3v) is 2.58. The lowest BCUT2D eigenvalue weighted by Gasteiger charge is -2.14. The number of nitrogen functional groups attached to an aromatic ring is 1. The molecule has 1 aromatic rings. The molecule has 1 heterocycles. The molecule has 2 N–H and O–H groups in total. The van der Waals surface area contributed by atoms with Crippen molar-refractivity contribution in [3.63, 3.8) is 0 Å². The van der Waals surface area contributed by atoms with Crippen LogP contribution >= 0.6 is 0 Å². The van der Waals surface area contributed by atoms with Gasteiger partial charge in [-0.05, 0) is 19.3 Å². The van der Waals surface area contributed by atoms with Crippen LogP contribution in [-0.4, -0.2) is 9.55 Å². The van der Waals surface area contributed by atoms with E-state index >= 15 is 0 Å². The van der Waals surface area contributed by atoms with Gasteiger partial charge in [0.25, 0.3) is 0 Å². The first-order valence-corrected chi connectivity index (χ1v) is 5.39. The van der Waals surface area contributed by atoms with Crippen LogP contribution in [0.15, 0.2) is 12.4 Å². The van der Waals surface area contributed by atoms with Gasteiger partial charge in [0, 0.05) is 18.4 Å². The number of aromatic nitrogens is 2. The number of nitrogens with zero attached hydrogens (tertiary/aromatic N) is 2. The first-order chi connectivity index (χ1) is 6.61. The van der Waals surface area contributed by atoms with Crippen molar-refractivity contribution in [3.05, 3.63) is 12.4 Å². The molecule has 1 rings (SSSR count). The average molecular weight is 195 g/mol. The summed E-state index contributed by atoms with van der Waals surface area (Å²) < 4.78 is 2.04. The van der Waals surface area contributed by atoms with Crippen molar-refractivity contribution in [1.82, 2.24) is 9.55 Å². The van der Waals surface area contributed by atoms with Gasteiger partial charge in [0.1, 0.15) is 0 Å². The van der Waals surface area contributed by atoms with Crippen molar-refractivity contribution in [2.24, 2.45) is 5.92 Å². The van der Waals surface area contributed by atoms with E-state index in [9.17, 15) is 0 Å². The molecule has 0 spiro atoms. The zero-order chi connectivity index (χ0) is 10.6. The fraction of sp³-hybridized carbons (Fsp3) is 0.727. The summed E-state index contributed by atoms with van der Waals surface area (Å²) in [6, 6.07) is 0.469. The number of rotatable bonds is 5. The van der Waals surface area contributed by atoms with Crippen molar-refractivity contribution in [2.45, 2.75) is 46.1 Å². The van der Waals surface area contributed by atoms with E-state index in [0.717, 1.165) is 5.92 Å². The molecule has 0 bridgehead atoms. The minimum absolute atomic E-state index is 0.469. The molecular weight excluding hydrogens is 174 g/mol. The molecule has 14 heavy (non-hydrogen) atoms. The average Bonchev–Trinajstić information content (AvgIpc) is 2.50. The second kappa shape index (κ2) is 5.03. The van der Waals surface area contributed by atoms with Gasteiger partial charge in [-0.2, -0.15) is 0 Å². The first-order valence-electron chi connectivity index (χ1n) is 5.39. The minimum Gasteiger partial charge on any atom is -0.369 e. The molecule has 0 amide bonds. The normalized spacial score (nSPS) is 13.4. The summed E-state index contributed by atoms with van der Waals surface area (Å²) in [4.78, 5) is 4.02. The van der Waals surface area contributed by atoms with Crippen LogP contribution in [0.1, 0.15) is 46.1 Å². The molecule has 0 aliphatic carbocycles. The number of hydrogen-bond acceptors (Lipinski definition) is 2. The molecule has 0 aromatic carbocycles. The Morgan fingerprint density at radius 3 is 2.57 bits per heavy atom. The highest BCUT2D eigenvalue weighted by molar-refractivity contribution is 5.17. The minimum atomic E-state index is 0.469. The van der Waals surface area contributed by atoms with E-state index in [0.29, 0.717) is 12.0 Å². The zero-order valence-electron chi connectivity index (χ0n) is 9.40. The Hall–Kier alpha value is -0.990. The van der Waals surface area contributed by atoms with E-state index < -0.39 is 0 Å². The number of anilines is 1. The van der Waals surface area contributed by atoms with Crippen LogP contribution < -0.4 is 5.73 Å². The van der Waals surface area contributed by atoms with E-state index in [1.54, 1.807) is 6.20 Å². The van der Waals surface area contributed by atoms with Crippen molar-refractivity contribution in [2.75, 3.05) is 5.73 Å². The standard InChI is InChI=1S/C11H21N3/c1-9(2)5-4-6-10(3)14-8-7-13-11(14)12/h7-10H,4-6H2,1-3H3,(H2,12,13). The topological polar surface area (TPSA) is 43.8 Å². The van der Waals surface area contributed by atoms with Crippen molar-refractivity contribution in [3.8, 4) is 0 Å². The molecule has 0 fully saturated rings. The monoisotopic (exact) mass is 195 g/mol. The summed E-state index contributed by atoms with van der Waals surface area (Å²) in [5.74, 6) is 1.42. The Bertz CT molecular complexity index is 265. The lowest BCUT2D eigenvalue weighted by atomic mass is 10.0. The van der Waals surface area contributed by atoms with Gasteiger partial charge >= 0.3 is 0 Å². The predicted molar refractivity (Wildman–Crippen MR) is 60.0 cm³/mol. The van der Waals surface area contributed by atoms with Gasteiger partial charge in [-0.25, -0.2) is 4.98 Å². The fourth-order valence-electron chi connectivity index (χ4n) is 1.66. The lowest BCUT2D eigenvalue weighted by molar-refractivity contribution is 0.450. The van der Waals surface area contributed by atoms with Crippen molar-refractivity contribution < 1.29 is 0 Å². The quantitative estimate of drug-likeness (QED) is 0.785. The molecule has 1 atom stereocenters. The van der Waals surface area contributed by atoms with Crippen LogP contribution in [0, 0.1) is 5.92 Å². The molecule has 0 radical (unpaired) electrons. The molecule has 80 valence electrons. The number of nitrogens with two attached hydrogens (primary N) is 1. The predicted octanol–water partition coefficient (Wildman–Crippen LogP) is 2.85. The molecule has 1 aromatic heterocycles. The second-order valence-corrected chi connectivity index (χ2v) is 4.37. The van der Waals surface area contributed by atoms with Gasteiger partial charge in [-0.1, -0.05) is 26.7 Å². The van der Waals surface area contributed by atoms with E-state index in [1.807, 2.05) is 10.8 Å². The van der Waals surface area contributed by atoms with Crippen LogP contribution in [0.25, 0.3) is 0 Å². The molecular formula is C11H21N3. The van der Waals surface area contributed by atoms with E-state index in [2.05, 4.69) is 25.8 Å². The first kappa shape index (κ1) is 11.1. The SMILES string of the molecule is CC(C)CCCC(C)n1ccnc1N. The van der Waals surface area contributed by atoms with Gasteiger partial charge in [-0.3, -0.25) is 0 Å². The zero-order valence-corrected chi connectivity index (χ0v) is 9.40. The largest absolute Gasteiger partial charge is 0.369 e. The Morgan fingerprint density at radius 2 is 2.07 bits per heavy atom. The molecule has 3 nitrogen and oxygen atoms in total. The molecule has 0 saturated heterocycles. The van der Waals surface area contributed by atoms with Gasteiger partial charge < -0.3 is 10.3 Å². The highest BCUT2D eigenvalue weighted by atomic mass is 15.1. The molecule has 3 heteroatoms. The van der Waals surface area contributed by atoms with Gasteiger partial charge in [-0.15, -0.1) is 0 Å². The lowest BCUT2D eigenvalue weighted by Crippen LogP contribution is -2.08. The van der Waals surface area contributed by atoms with Crippen LogP contribution in [0.3, 0.4) is 0 Å². The van der Waals surface area contributed by atoms with Crippen LogP contribution in [0.4, 0.5) is 5.95 Å². The summed E-state index contributed by atoms with van der Waals surface area (Å²) in [6.45, 7) is 6.71. The summed E-state index contributed by atoms with van der Waals surface area (Å²) in [5.41, 5.74) is 5.72. The third kappa shape index (κ3) is 3.05. The molecule has 1 unspecified atom stereocenters. The molecule has 0 aliphatic heterocycles. The highest BCUT2D eigenvalue weighted by Crippen LogP contribution is 2.18. The van der Waals surface area contributed by atoms with Gasteiger partial charge in [0.2, 0.25) is 0 Å². The number of imidazole rings is 1. The summed E-state index contributed by atoms with van der Waals surface area (Å²) in [7, 11) is 0. The Labute approximate surface area is 86.3 Å². The Kier molecular flexibility index (Phi) is 3.98. The Morgan fingerprint density at radius 1 is 1.36 bits per heavy atom. The second-order valence-electron chi connectivity index (χ2n) is 4.37. The maximum Gasteiger partial charge on any atom is 0.200 e. The maximum atomic E-state index is 5.72. The van der Waals surface area contributed by atoms with Crippen LogP contribution in [0.2, 0.25) is 0 Å². The van der Waals surface area contributed by atoms with E-state index in [4.69, 9.17) is 5.73 Å². The van der Waals surface area contributed by atoms with E-state index in [-0.39, 0.29) is 0 Å². The summed E-state index contributed by atoms with van der Waals surface area (Å²) in [6.07, 6.45) is 7.44. The molecule has 0 aliphatic rings. The van der Waals surface area contributed by atoms with Gasteiger partial charge in [0.15, 0.2) is 5.95 Å². The smallest absolute Gasteiger partial charge is 0.200 e. The fourth-order valence-corrected chi connectivity index (χ4v) is 1.66. The van der Waals surface area contributed by atoms with Crippen LogP contribution in [0.5, 0.6) is 0 Å². The highest BCUT2D eigenvalue weighted by Gasteiger charge is 2.07. The molecule has 0 saturated carbocycles. The van der Waals surface area contributed by atoms with E-state index in [1.165, 1.54) is 19.3 Å². The van der Waals surface area contributed by atoms with Crippen molar-refractivity contribution >= 4 is 5.95 Å². The summed E-state index contributed by atoms with van der Waals surface area (Å²) in [5, 5.41) is 0. The summed E-state index contributed by atoms with van der Waals surface area (Å²) >= 11 is 0. The van der Waals surface area contributed by atoms with Crippen LogP contribution in [-0.2, 0) is 0 Å². The van der Waals surface area contributed by atoms with Crippen molar-refractivity contribution in [1.29, 1.82) is 0 Å². The Balaban J connectivity index is 2.36.